The van der Waals surface area contributed by atoms with Crippen LogP contribution in [-0.2, 0) is 4.79 Å². The second-order valence-electron chi connectivity index (χ2n) is 6.95. The molecular weight excluding hydrogens is 416 g/mol. The van der Waals surface area contributed by atoms with Crippen LogP contribution in [0.25, 0.3) is 0 Å². The summed E-state index contributed by atoms with van der Waals surface area (Å²) in [7, 11) is 0. The molecule has 0 aromatic heterocycles. The molecule has 4 heteroatoms. The third kappa shape index (κ3) is 7.26. The van der Waals surface area contributed by atoms with E-state index in [2.05, 4.69) is 55.5 Å². The van der Waals surface area contributed by atoms with Crippen molar-refractivity contribution < 1.29 is 4.79 Å². The number of Topliss-reactive ketones (excluding diaryl/α,β-unsaturated/α-hetero) is 1. The van der Waals surface area contributed by atoms with E-state index in [4.69, 9.17) is 11.6 Å². The molecule has 0 saturated heterocycles. The molecule has 0 aliphatic carbocycles. The first-order valence-electron chi connectivity index (χ1n) is 9.75. The van der Waals surface area contributed by atoms with Crippen molar-refractivity contribution in [2.75, 3.05) is 5.75 Å². The van der Waals surface area contributed by atoms with Gasteiger partial charge in [0.2, 0.25) is 0 Å². The van der Waals surface area contributed by atoms with Gasteiger partial charge in [0.15, 0.2) is 5.78 Å². The largest absolute Gasteiger partial charge is 0.298 e. The summed E-state index contributed by atoms with van der Waals surface area (Å²) in [5.41, 5.74) is 2.25. The molecule has 0 aliphatic rings. The van der Waals surface area contributed by atoms with E-state index in [1.54, 1.807) is 23.5 Å². The highest BCUT2D eigenvalue weighted by Crippen LogP contribution is 2.37. The molecule has 0 fully saturated rings. The molecule has 2 atom stereocenters. The lowest BCUT2D eigenvalue weighted by Crippen LogP contribution is -2.13. The van der Waals surface area contributed by atoms with E-state index < -0.39 is 0 Å². The maximum Gasteiger partial charge on any atom is 0.150 e. The minimum atomic E-state index is -0.205. The average molecular weight is 441 g/mol. The van der Waals surface area contributed by atoms with E-state index in [0.717, 1.165) is 16.2 Å². The number of carbonyl (C=O) groups excluding carboxylic acids is 1. The quantitative estimate of drug-likeness (QED) is 0.239. The zero-order chi connectivity index (χ0) is 20.5. The topological polar surface area (TPSA) is 17.1 Å². The number of rotatable bonds is 10. The lowest BCUT2D eigenvalue weighted by molar-refractivity contribution is -0.118. The Kier molecular flexibility index (Phi) is 8.72. The highest BCUT2D eigenvalue weighted by atomic mass is 35.5. The zero-order valence-corrected chi connectivity index (χ0v) is 18.9. The Morgan fingerprint density at radius 1 is 0.862 bits per heavy atom. The van der Waals surface area contributed by atoms with Gasteiger partial charge in [-0.05, 0) is 43.2 Å². The van der Waals surface area contributed by atoms with Crippen molar-refractivity contribution in [3.05, 3.63) is 96.1 Å². The van der Waals surface area contributed by atoms with Crippen LogP contribution in [0.5, 0.6) is 0 Å². The van der Waals surface area contributed by atoms with Gasteiger partial charge in [-0.15, -0.1) is 35.1 Å². The molecule has 0 N–H and O–H groups in total. The minimum absolute atomic E-state index is 0.0236. The Balaban J connectivity index is 1.60. The molecule has 0 spiro atoms. The predicted octanol–water partition coefficient (Wildman–Crippen LogP) is 7.58. The smallest absolute Gasteiger partial charge is 0.150 e. The van der Waals surface area contributed by atoms with Crippen molar-refractivity contribution in [2.24, 2.45) is 0 Å². The van der Waals surface area contributed by atoms with E-state index in [1.165, 1.54) is 10.5 Å². The summed E-state index contributed by atoms with van der Waals surface area (Å²) in [4.78, 5) is 15.4. The lowest BCUT2D eigenvalue weighted by Gasteiger charge is -2.17. The van der Waals surface area contributed by atoms with Gasteiger partial charge in [0.05, 0.1) is 5.25 Å². The first-order chi connectivity index (χ1) is 14.1. The van der Waals surface area contributed by atoms with E-state index in [-0.39, 0.29) is 16.4 Å². The molecule has 3 rings (SSSR count). The van der Waals surface area contributed by atoms with Gasteiger partial charge < -0.3 is 0 Å². The Bertz CT molecular complexity index is 882. The molecular formula is C25H25ClOS2. The predicted molar refractivity (Wildman–Crippen MR) is 127 cm³/mol. The minimum Gasteiger partial charge on any atom is -0.298 e. The molecule has 0 amide bonds. The molecule has 0 radical (unpaired) electrons. The number of hydrogen-bond donors (Lipinski definition) is 0. The first-order valence-corrected chi connectivity index (χ1v) is 12.0. The summed E-state index contributed by atoms with van der Waals surface area (Å²) in [6.45, 7) is 2.06. The number of thioether (sulfide) groups is 2. The molecule has 1 nitrogen and oxygen atoms in total. The molecule has 3 aromatic carbocycles. The summed E-state index contributed by atoms with van der Waals surface area (Å²) < 4.78 is 0. The summed E-state index contributed by atoms with van der Waals surface area (Å²) in [5.74, 6) is 1.04. The second-order valence-corrected chi connectivity index (χ2v) is 9.84. The Morgan fingerprint density at radius 3 is 2.07 bits per heavy atom. The number of carbonyl (C=O) groups is 1. The molecule has 0 aliphatic heterocycles. The SMILES string of the molecule is Cc1ccc(C(Sc2ccccc2)C(=O)CCC(Cl)CSc2ccccc2)cc1. The van der Waals surface area contributed by atoms with Gasteiger partial charge in [-0.2, -0.15) is 0 Å². The van der Waals surface area contributed by atoms with Crippen LogP contribution >= 0.6 is 35.1 Å². The highest BCUT2D eigenvalue weighted by molar-refractivity contribution is 8.00. The van der Waals surface area contributed by atoms with Crippen LogP contribution in [0.15, 0.2) is 94.7 Å². The number of halogens is 1. The first kappa shape index (κ1) is 22.0. The van der Waals surface area contributed by atoms with Gasteiger partial charge in [0.25, 0.3) is 0 Å². The van der Waals surface area contributed by atoms with Crippen LogP contribution < -0.4 is 0 Å². The van der Waals surface area contributed by atoms with Crippen molar-refractivity contribution in [2.45, 2.75) is 40.2 Å². The summed E-state index contributed by atoms with van der Waals surface area (Å²) in [5, 5.41) is -0.229. The molecule has 0 saturated carbocycles. The Labute approximate surface area is 187 Å². The van der Waals surface area contributed by atoms with E-state index in [0.29, 0.717) is 12.8 Å². The number of aryl methyl sites for hydroxylation is 1. The molecule has 29 heavy (non-hydrogen) atoms. The van der Waals surface area contributed by atoms with E-state index in [9.17, 15) is 4.79 Å². The third-order valence-corrected chi connectivity index (χ3v) is 7.59. The molecule has 2 unspecified atom stereocenters. The van der Waals surface area contributed by atoms with Gasteiger partial charge in [-0.1, -0.05) is 66.2 Å². The van der Waals surface area contributed by atoms with Crippen LogP contribution in [0, 0.1) is 6.92 Å². The third-order valence-electron chi connectivity index (χ3n) is 4.55. The van der Waals surface area contributed by atoms with Gasteiger partial charge in [-0.3, -0.25) is 4.79 Å². The Hall–Kier alpha value is -1.68. The Morgan fingerprint density at radius 2 is 1.45 bits per heavy atom. The van der Waals surface area contributed by atoms with Gasteiger partial charge >= 0.3 is 0 Å². The van der Waals surface area contributed by atoms with Crippen LogP contribution in [0.4, 0.5) is 0 Å². The molecule has 150 valence electrons. The van der Waals surface area contributed by atoms with Gasteiger partial charge in [-0.25, -0.2) is 0 Å². The number of benzene rings is 3. The second kappa shape index (κ2) is 11.5. The summed E-state index contributed by atoms with van der Waals surface area (Å²) in [6, 6.07) is 28.6. The van der Waals surface area contributed by atoms with Crippen LogP contribution in [0.1, 0.15) is 29.2 Å². The van der Waals surface area contributed by atoms with Crippen molar-refractivity contribution in [1.82, 2.24) is 0 Å². The van der Waals surface area contributed by atoms with Crippen molar-refractivity contribution >= 4 is 40.9 Å². The lowest BCUT2D eigenvalue weighted by atomic mass is 10.0. The van der Waals surface area contributed by atoms with Crippen LogP contribution in [0.2, 0.25) is 0 Å². The fourth-order valence-electron chi connectivity index (χ4n) is 2.91. The van der Waals surface area contributed by atoms with Crippen LogP contribution in [0.3, 0.4) is 0 Å². The van der Waals surface area contributed by atoms with Gasteiger partial charge in [0, 0.05) is 27.3 Å². The number of hydrogen-bond acceptors (Lipinski definition) is 3. The zero-order valence-electron chi connectivity index (χ0n) is 16.5. The monoisotopic (exact) mass is 440 g/mol. The summed E-state index contributed by atoms with van der Waals surface area (Å²) >= 11 is 9.89. The average Bonchev–Trinajstić information content (AvgIpc) is 2.76. The standard InChI is InChI=1S/C25H25ClOS2/c1-19-12-14-20(15-13-19)25(29-23-10-6-3-7-11-23)24(27)17-16-21(26)18-28-22-8-4-2-5-9-22/h2-15,21,25H,16-18H2,1H3. The maximum absolute atomic E-state index is 13.1. The highest BCUT2D eigenvalue weighted by Gasteiger charge is 2.22. The van der Waals surface area contributed by atoms with Crippen LogP contribution in [-0.4, -0.2) is 16.9 Å². The fraction of sp³-hybridized carbons (Fsp3) is 0.240. The molecule has 3 aromatic rings. The van der Waals surface area contributed by atoms with Crippen molar-refractivity contribution in [3.8, 4) is 0 Å². The van der Waals surface area contributed by atoms with Crippen molar-refractivity contribution in [1.29, 1.82) is 0 Å². The van der Waals surface area contributed by atoms with Gasteiger partial charge in [0.1, 0.15) is 0 Å². The van der Waals surface area contributed by atoms with Crippen molar-refractivity contribution in [3.63, 3.8) is 0 Å². The molecule has 0 heterocycles. The molecule has 0 bridgehead atoms. The summed E-state index contributed by atoms with van der Waals surface area (Å²) in [6.07, 6.45) is 1.18. The number of alkyl halides is 1. The van der Waals surface area contributed by atoms with E-state index >= 15 is 0 Å². The normalized spacial score (nSPS) is 13.0. The number of ketones is 1. The maximum atomic E-state index is 13.1. The van der Waals surface area contributed by atoms with E-state index in [1.807, 2.05) is 36.4 Å². The fourth-order valence-corrected chi connectivity index (χ4v) is 5.23.